The molecule has 116 valence electrons. The summed E-state index contributed by atoms with van der Waals surface area (Å²) >= 11 is 6.35. The molecule has 0 spiro atoms. The maximum Gasteiger partial charge on any atom is 0.219 e. The highest BCUT2D eigenvalue weighted by Crippen LogP contribution is 2.23. The summed E-state index contributed by atoms with van der Waals surface area (Å²) in [5.41, 5.74) is 7.19. The van der Waals surface area contributed by atoms with Crippen LogP contribution in [0.5, 0.6) is 0 Å². The number of ether oxygens (including phenoxy) is 1. The van der Waals surface area contributed by atoms with Gasteiger partial charge in [0.1, 0.15) is 0 Å². The minimum Gasteiger partial charge on any atom is -0.382 e. The van der Waals surface area contributed by atoms with Gasteiger partial charge in [0.05, 0.1) is 13.2 Å². The normalized spacial score (nSPS) is 17.4. The van der Waals surface area contributed by atoms with Crippen LogP contribution in [0, 0.1) is 0 Å². The zero-order valence-electron chi connectivity index (χ0n) is 12.3. The molecule has 0 bridgehead atoms. The zero-order chi connectivity index (χ0) is 15.2. The fourth-order valence-corrected chi connectivity index (χ4v) is 2.64. The molecular weight excluding hydrogens is 290 g/mol. The minimum atomic E-state index is -0.315. The van der Waals surface area contributed by atoms with Gasteiger partial charge >= 0.3 is 0 Å². The maximum atomic E-state index is 10.9. The number of nitrogens with zero attached hydrogens (tertiary/aromatic N) is 1. The average molecular weight is 312 g/mol. The lowest BCUT2D eigenvalue weighted by molar-refractivity contribution is -0.118. The van der Waals surface area contributed by atoms with Crippen LogP contribution < -0.4 is 11.1 Å². The Labute approximate surface area is 130 Å². The number of benzene rings is 1. The molecule has 6 heteroatoms. The Morgan fingerprint density at radius 1 is 1.48 bits per heavy atom. The fourth-order valence-electron chi connectivity index (χ4n) is 2.40. The molecule has 3 N–H and O–H groups in total. The molecule has 1 atom stereocenters. The molecule has 21 heavy (non-hydrogen) atoms. The molecule has 0 aromatic heterocycles. The van der Waals surface area contributed by atoms with E-state index in [-0.39, 0.29) is 11.9 Å². The summed E-state index contributed by atoms with van der Waals surface area (Å²) < 4.78 is 5.34. The number of rotatable bonds is 6. The largest absolute Gasteiger partial charge is 0.382 e. The number of hydrogen-bond donors (Lipinski definition) is 2. The highest BCUT2D eigenvalue weighted by atomic mass is 35.5. The Morgan fingerprint density at radius 3 is 2.81 bits per heavy atom. The molecule has 1 amide bonds. The number of anilines is 1. The van der Waals surface area contributed by atoms with Gasteiger partial charge in [0.15, 0.2) is 0 Å². The van der Waals surface area contributed by atoms with Crippen molar-refractivity contribution in [2.24, 2.45) is 5.73 Å². The van der Waals surface area contributed by atoms with Gasteiger partial charge in [-0.15, -0.1) is 0 Å². The van der Waals surface area contributed by atoms with Gasteiger partial charge in [-0.1, -0.05) is 17.7 Å². The van der Waals surface area contributed by atoms with E-state index in [2.05, 4.69) is 10.2 Å². The van der Waals surface area contributed by atoms with Crippen LogP contribution in [0.1, 0.15) is 18.9 Å². The molecule has 1 fully saturated rings. The number of amides is 1. The second-order valence-corrected chi connectivity index (χ2v) is 5.82. The Bertz CT molecular complexity index is 490. The van der Waals surface area contributed by atoms with E-state index in [4.69, 9.17) is 22.1 Å². The van der Waals surface area contributed by atoms with Crippen LogP contribution in [0.15, 0.2) is 18.2 Å². The van der Waals surface area contributed by atoms with Crippen molar-refractivity contribution < 1.29 is 9.53 Å². The molecule has 1 aliphatic heterocycles. The molecule has 2 rings (SSSR count). The van der Waals surface area contributed by atoms with Gasteiger partial charge < -0.3 is 15.8 Å². The van der Waals surface area contributed by atoms with Crippen LogP contribution in [0.25, 0.3) is 0 Å². The van der Waals surface area contributed by atoms with E-state index in [0.717, 1.165) is 49.1 Å². The van der Waals surface area contributed by atoms with E-state index < -0.39 is 0 Å². The lowest BCUT2D eigenvalue weighted by Crippen LogP contribution is -2.35. The van der Waals surface area contributed by atoms with E-state index in [9.17, 15) is 4.79 Å². The third-order valence-electron chi connectivity index (χ3n) is 3.47. The monoisotopic (exact) mass is 311 g/mol. The second-order valence-electron chi connectivity index (χ2n) is 5.41. The van der Waals surface area contributed by atoms with Gasteiger partial charge in [-0.05, 0) is 24.6 Å². The summed E-state index contributed by atoms with van der Waals surface area (Å²) in [6, 6.07) is 5.90. The summed E-state index contributed by atoms with van der Waals surface area (Å²) in [5.74, 6) is -0.315. The summed E-state index contributed by atoms with van der Waals surface area (Å²) in [5, 5.41) is 3.96. The number of primary amides is 1. The Balaban J connectivity index is 1.94. The molecule has 0 radical (unpaired) electrons. The zero-order valence-corrected chi connectivity index (χ0v) is 13.0. The lowest BCUT2D eigenvalue weighted by atomic mass is 10.1. The Morgan fingerprint density at radius 2 is 2.19 bits per heavy atom. The quantitative estimate of drug-likeness (QED) is 0.841. The van der Waals surface area contributed by atoms with E-state index in [1.807, 2.05) is 25.1 Å². The highest BCUT2D eigenvalue weighted by molar-refractivity contribution is 6.31. The molecule has 1 saturated heterocycles. The Kier molecular flexibility index (Phi) is 5.85. The van der Waals surface area contributed by atoms with Gasteiger partial charge in [0, 0.05) is 42.8 Å². The fraction of sp³-hybridized carbons (Fsp3) is 0.533. The molecule has 1 aromatic rings. The number of nitrogens with one attached hydrogen (secondary N) is 1. The minimum absolute atomic E-state index is 0.0105. The van der Waals surface area contributed by atoms with Crippen molar-refractivity contribution in [1.29, 1.82) is 0 Å². The van der Waals surface area contributed by atoms with E-state index in [1.165, 1.54) is 0 Å². The predicted molar refractivity (Wildman–Crippen MR) is 84.4 cm³/mol. The van der Waals surface area contributed by atoms with Crippen LogP contribution in [0.3, 0.4) is 0 Å². The first-order valence-corrected chi connectivity index (χ1v) is 7.56. The number of nitrogens with two attached hydrogens (primary N) is 1. The first-order valence-electron chi connectivity index (χ1n) is 7.18. The van der Waals surface area contributed by atoms with Gasteiger partial charge in [0.25, 0.3) is 0 Å². The molecule has 0 unspecified atom stereocenters. The SMILES string of the molecule is C[C@@H](CC(N)=O)Nc1ccc(CN2CCOCC2)c(Cl)c1. The molecule has 0 aliphatic carbocycles. The van der Waals surface area contributed by atoms with Crippen LogP contribution in [0.2, 0.25) is 5.02 Å². The van der Waals surface area contributed by atoms with E-state index >= 15 is 0 Å². The molecule has 1 aromatic carbocycles. The van der Waals surface area contributed by atoms with Gasteiger partial charge in [-0.3, -0.25) is 9.69 Å². The van der Waals surface area contributed by atoms with Crippen molar-refractivity contribution in [3.63, 3.8) is 0 Å². The van der Waals surface area contributed by atoms with E-state index in [1.54, 1.807) is 0 Å². The molecule has 0 saturated carbocycles. The van der Waals surface area contributed by atoms with Gasteiger partial charge in [0.2, 0.25) is 5.91 Å². The van der Waals surface area contributed by atoms with Crippen molar-refractivity contribution in [2.75, 3.05) is 31.6 Å². The lowest BCUT2D eigenvalue weighted by Gasteiger charge is -2.27. The van der Waals surface area contributed by atoms with Crippen LogP contribution in [-0.2, 0) is 16.1 Å². The van der Waals surface area contributed by atoms with Crippen LogP contribution in [0.4, 0.5) is 5.69 Å². The molecule has 1 aliphatic rings. The Hall–Kier alpha value is -1.30. The average Bonchev–Trinajstić information content (AvgIpc) is 2.42. The van der Waals surface area contributed by atoms with Crippen molar-refractivity contribution in [1.82, 2.24) is 4.90 Å². The van der Waals surface area contributed by atoms with Crippen LogP contribution >= 0.6 is 11.6 Å². The van der Waals surface area contributed by atoms with Gasteiger partial charge in [-0.2, -0.15) is 0 Å². The van der Waals surface area contributed by atoms with Crippen molar-refractivity contribution in [2.45, 2.75) is 25.9 Å². The number of carbonyl (C=O) groups is 1. The summed E-state index contributed by atoms with van der Waals surface area (Å²) in [6.45, 7) is 6.18. The second kappa shape index (κ2) is 7.64. The molecule has 5 nitrogen and oxygen atoms in total. The van der Waals surface area contributed by atoms with Crippen molar-refractivity contribution >= 4 is 23.2 Å². The number of morpholine rings is 1. The summed E-state index contributed by atoms with van der Waals surface area (Å²) in [4.78, 5) is 13.2. The molecule has 1 heterocycles. The van der Waals surface area contributed by atoms with Crippen molar-refractivity contribution in [3.05, 3.63) is 28.8 Å². The van der Waals surface area contributed by atoms with Crippen LogP contribution in [-0.4, -0.2) is 43.2 Å². The number of hydrogen-bond acceptors (Lipinski definition) is 4. The third-order valence-corrected chi connectivity index (χ3v) is 3.82. The first kappa shape index (κ1) is 16.1. The number of carbonyl (C=O) groups excluding carboxylic acids is 1. The van der Waals surface area contributed by atoms with E-state index in [0.29, 0.717) is 6.42 Å². The van der Waals surface area contributed by atoms with Gasteiger partial charge in [-0.25, -0.2) is 0 Å². The smallest absolute Gasteiger partial charge is 0.219 e. The third kappa shape index (κ3) is 5.19. The standard InChI is InChI=1S/C15H22ClN3O2/c1-11(8-15(17)20)18-13-3-2-12(14(16)9-13)10-19-4-6-21-7-5-19/h2-3,9,11,18H,4-8,10H2,1H3,(H2,17,20)/t11-/m0/s1. The van der Waals surface area contributed by atoms with Crippen molar-refractivity contribution in [3.8, 4) is 0 Å². The summed E-state index contributed by atoms with van der Waals surface area (Å²) in [6.07, 6.45) is 0.299. The maximum absolute atomic E-state index is 10.9. The first-order chi connectivity index (χ1) is 10.0. The number of halogens is 1. The molecular formula is C15H22ClN3O2. The topological polar surface area (TPSA) is 67.6 Å². The predicted octanol–water partition coefficient (Wildman–Crippen LogP) is 1.85. The highest BCUT2D eigenvalue weighted by Gasteiger charge is 2.13. The summed E-state index contributed by atoms with van der Waals surface area (Å²) in [7, 11) is 0.